The smallest absolute Gasteiger partial charge is 0.0303 e. The molecule has 1 aliphatic carbocycles. The summed E-state index contributed by atoms with van der Waals surface area (Å²) in [7, 11) is 0. The molecule has 0 fully saturated rings. The van der Waals surface area contributed by atoms with Crippen molar-refractivity contribution in [1.82, 2.24) is 5.32 Å². The monoisotopic (exact) mass is 321 g/mol. The summed E-state index contributed by atoms with van der Waals surface area (Å²) in [5.41, 5.74) is 4.53. The molecule has 18 heavy (non-hydrogen) atoms. The van der Waals surface area contributed by atoms with E-state index < -0.39 is 0 Å². The van der Waals surface area contributed by atoms with E-state index in [1.54, 1.807) is 22.5 Å². The van der Waals surface area contributed by atoms with Crippen LogP contribution in [0.1, 0.15) is 28.0 Å². The van der Waals surface area contributed by atoms with Gasteiger partial charge in [-0.25, -0.2) is 0 Å². The summed E-state index contributed by atoms with van der Waals surface area (Å²) in [5.74, 6) is 0. The molecule has 1 aliphatic rings. The Labute approximate surface area is 120 Å². The lowest BCUT2D eigenvalue weighted by Gasteiger charge is -2.06. The molecular formula is C15H16BrNS. The number of benzene rings is 1. The van der Waals surface area contributed by atoms with Gasteiger partial charge in [-0.05, 0) is 57.9 Å². The molecule has 0 spiro atoms. The third-order valence-corrected chi connectivity index (χ3v) is 5.11. The van der Waals surface area contributed by atoms with E-state index in [2.05, 4.69) is 50.9 Å². The number of fused-ring (bicyclic) bond motifs is 1. The molecule has 3 rings (SSSR count). The Hall–Kier alpha value is -0.640. The van der Waals surface area contributed by atoms with Gasteiger partial charge in [-0.3, -0.25) is 0 Å². The fourth-order valence-electron chi connectivity index (χ4n) is 2.51. The topological polar surface area (TPSA) is 12.0 Å². The quantitative estimate of drug-likeness (QED) is 0.885. The van der Waals surface area contributed by atoms with Gasteiger partial charge in [0.15, 0.2) is 0 Å². The predicted octanol–water partition coefficient (Wildman–Crippen LogP) is 4.29. The lowest BCUT2D eigenvalue weighted by Crippen LogP contribution is -2.11. The van der Waals surface area contributed by atoms with Gasteiger partial charge < -0.3 is 5.32 Å². The second-order valence-electron chi connectivity index (χ2n) is 4.79. The first-order valence-corrected chi connectivity index (χ1v) is 8.03. The average molecular weight is 322 g/mol. The number of hydrogen-bond donors (Lipinski definition) is 1. The summed E-state index contributed by atoms with van der Waals surface area (Å²) in [4.78, 5) is 1.38. The largest absolute Gasteiger partial charge is 0.308 e. The molecule has 0 bridgehead atoms. The predicted molar refractivity (Wildman–Crippen MR) is 81.0 cm³/mol. The highest BCUT2D eigenvalue weighted by molar-refractivity contribution is 9.10. The molecule has 0 aliphatic heterocycles. The summed E-state index contributed by atoms with van der Waals surface area (Å²) in [6.45, 7) is 1.91. The Kier molecular flexibility index (Phi) is 3.83. The molecule has 1 aromatic carbocycles. The third kappa shape index (κ3) is 2.85. The first-order chi connectivity index (χ1) is 8.81. The molecular weight excluding hydrogens is 306 g/mol. The van der Waals surface area contributed by atoms with Crippen LogP contribution in [0.25, 0.3) is 0 Å². The molecule has 1 N–H and O–H groups in total. The van der Waals surface area contributed by atoms with Crippen molar-refractivity contribution in [2.24, 2.45) is 0 Å². The summed E-state index contributed by atoms with van der Waals surface area (Å²) in [6.07, 6.45) is 3.86. The highest BCUT2D eigenvalue weighted by Gasteiger charge is 2.10. The van der Waals surface area contributed by atoms with Gasteiger partial charge in [-0.1, -0.05) is 18.2 Å². The minimum absolute atomic E-state index is 0.952. The highest BCUT2D eigenvalue weighted by Crippen LogP contribution is 2.23. The summed E-state index contributed by atoms with van der Waals surface area (Å²) >= 11 is 5.28. The summed E-state index contributed by atoms with van der Waals surface area (Å²) < 4.78 is 1.18. The standard InChI is InChI=1S/C15H16BrNS/c16-14-7-15(18-10-14)9-17-8-11-4-5-12-2-1-3-13(12)6-11/h4-7,10,17H,1-3,8-9H2. The Morgan fingerprint density at radius 1 is 1.11 bits per heavy atom. The first-order valence-electron chi connectivity index (χ1n) is 6.35. The first kappa shape index (κ1) is 12.4. The van der Waals surface area contributed by atoms with Gasteiger partial charge in [0, 0.05) is 27.8 Å². The van der Waals surface area contributed by atoms with Gasteiger partial charge in [0.25, 0.3) is 0 Å². The zero-order valence-corrected chi connectivity index (χ0v) is 12.6. The summed E-state index contributed by atoms with van der Waals surface area (Å²) in [6, 6.07) is 9.13. The van der Waals surface area contributed by atoms with Crippen LogP contribution in [-0.4, -0.2) is 0 Å². The van der Waals surface area contributed by atoms with Crippen molar-refractivity contribution >= 4 is 27.3 Å². The lowest BCUT2D eigenvalue weighted by atomic mass is 10.1. The van der Waals surface area contributed by atoms with Gasteiger partial charge >= 0.3 is 0 Å². The van der Waals surface area contributed by atoms with Gasteiger partial charge in [0.2, 0.25) is 0 Å². The van der Waals surface area contributed by atoms with Crippen molar-refractivity contribution in [2.75, 3.05) is 0 Å². The molecule has 0 saturated heterocycles. The maximum atomic E-state index is 3.51. The van der Waals surface area contributed by atoms with Crippen LogP contribution in [-0.2, 0) is 25.9 Å². The molecule has 0 radical (unpaired) electrons. The molecule has 0 atom stereocenters. The van der Waals surface area contributed by atoms with E-state index in [1.165, 1.54) is 34.2 Å². The molecule has 0 saturated carbocycles. The van der Waals surface area contributed by atoms with Gasteiger partial charge in [0.05, 0.1) is 0 Å². The van der Waals surface area contributed by atoms with Crippen molar-refractivity contribution in [2.45, 2.75) is 32.4 Å². The Morgan fingerprint density at radius 3 is 2.83 bits per heavy atom. The minimum Gasteiger partial charge on any atom is -0.308 e. The van der Waals surface area contributed by atoms with Gasteiger partial charge in [0.1, 0.15) is 0 Å². The summed E-state index contributed by atoms with van der Waals surface area (Å²) in [5, 5.41) is 5.64. The zero-order chi connectivity index (χ0) is 12.4. The molecule has 3 heteroatoms. The Bertz CT molecular complexity index is 547. The van der Waals surface area contributed by atoms with E-state index in [1.807, 2.05) is 0 Å². The van der Waals surface area contributed by atoms with Crippen LogP contribution in [0.3, 0.4) is 0 Å². The number of aryl methyl sites for hydroxylation is 2. The Morgan fingerprint density at radius 2 is 2.00 bits per heavy atom. The second kappa shape index (κ2) is 5.55. The number of nitrogens with one attached hydrogen (secondary N) is 1. The van der Waals surface area contributed by atoms with Gasteiger partial charge in [-0.15, -0.1) is 11.3 Å². The molecule has 2 aromatic rings. The fraction of sp³-hybridized carbons (Fsp3) is 0.333. The van der Waals surface area contributed by atoms with Gasteiger partial charge in [-0.2, -0.15) is 0 Å². The van der Waals surface area contributed by atoms with Crippen molar-refractivity contribution in [3.05, 3.63) is 55.7 Å². The fourth-order valence-corrected chi connectivity index (χ4v) is 3.93. The van der Waals surface area contributed by atoms with Crippen LogP contribution in [0.15, 0.2) is 34.1 Å². The number of thiophene rings is 1. The van der Waals surface area contributed by atoms with E-state index in [-0.39, 0.29) is 0 Å². The molecule has 0 amide bonds. The number of rotatable bonds is 4. The molecule has 0 unspecified atom stereocenters. The average Bonchev–Trinajstić information content (AvgIpc) is 2.97. The van der Waals surface area contributed by atoms with Crippen molar-refractivity contribution in [3.8, 4) is 0 Å². The minimum atomic E-state index is 0.952. The molecule has 1 nitrogen and oxygen atoms in total. The number of halogens is 1. The molecule has 1 heterocycles. The van der Waals surface area contributed by atoms with Crippen molar-refractivity contribution in [3.63, 3.8) is 0 Å². The van der Waals surface area contributed by atoms with Crippen LogP contribution in [0.4, 0.5) is 0 Å². The molecule has 1 aromatic heterocycles. The van der Waals surface area contributed by atoms with Crippen LogP contribution in [0, 0.1) is 0 Å². The van der Waals surface area contributed by atoms with Crippen molar-refractivity contribution in [1.29, 1.82) is 0 Å². The van der Waals surface area contributed by atoms with Crippen LogP contribution in [0.5, 0.6) is 0 Å². The number of hydrogen-bond acceptors (Lipinski definition) is 2. The van der Waals surface area contributed by atoms with E-state index in [0.29, 0.717) is 0 Å². The lowest BCUT2D eigenvalue weighted by molar-refractivity contribution is 0.700. The van der Waals surface area contributed by atoms with E-state index in [4.69, 9.17) is 0 Å². The van der Waals surface area contributed by atoms with E-state index in [0.717, 1.165) is 13.1 Å². The van der Waals surface area contributed by atoms with Crippen LogP contribution in [0.2, 0.25) is 0 Å². The SMILES string of the molecule is Brc1csc(CNCc2ccc3c(c2)CCC3)c1. The maximum absolute atomic E-state index is 3.51. The van der Waals surface area contributed by atoms with E-state index in [9.17, 15) is 0 Å². The highest BCUT2D eigenvalue weighted by atomic mass is 79.9. The normalized spacial score (nSPS) is 13.8. The molecule has 94 valence electrons. The Balaban J connectivity index is 1.57. The van der Waals surface area contributed by atoms with Crippen LogP contribution >= 0.6 is 27.3 Å². The zero-order valence-electron chi connectivity index (χ0n) is 10.2. The maximum Gasteiger partial charge on any atom is 0.0303 e. The van der Waals surface area contributed by atoms with Crippen molar-refractivity contribution < 1.29 is 0 Å². The van der Waals surface area contributed by atoms with Crippen LogP contribution < -0.4 is 5.32 Å². The third-order valence-electron chi connectivity index (χ3n) is 3.41. The van der Waals surface area contributed by atoms with E-state index >= 15 is 0 Å². The second-order valence-corrected chi connectivity index (χ2v) is 6.70.